The van der Waals surface area contributed by atoms with Crippen LogP contribution < -0.4 is 10.2 Å². The fraction of sp³-hybridized carbons (Fsp3) is 0.120. The van der Waals surface area contributed by atoms with Crippen molar-refractivity contribution in [3.8, 4) is 5.69 Å². The van der Waals surface area contributed by atoms with Gasteiger partial charge in [-0.25, -0.2) is 0 Å². The molecule has 0 bridgehead atoms. The maximum Gasteiger partial charge on any atom is 0.174 e. The summed E-state index contributed by atoms with van der Waals surface area (Å²) in [5.41, 5.74) is 5.51. The zero-order chi connectivity index (χ0) is 21.4. The van der Waals surface area contributed by atoms with Gasteiger partial charge in [-0.2, -0.15) is 0 Å². The Hall–Kier alpha value is -2.96. The molecule has 2 aromatic carbocycles. The van der Waals surface area contributed by atoms with Crippen LogP contribution in [0.25, 0.3) is 5.69 Å². The average Bonchev–Trinajstić information content (AvgIpc) is 3.39. The van der Waals surface area contributed by atoms with Crippen LogP contribution in [0.4, 0.5) is 5.69 Å². The number of aromatic nitrogens is 2. The van der Waals surface area contributed by atoms with E-state index in [1.165, 1.54) is 5.56 Å². The topological polar surface area (TPSA) is 33.1 Å². The number of aryl methyl sites for hydroxylation is 1. The van der Waals surface area contributed by atoms with Crippen molar-refractivity contribution in [3.63, 3.8) is 0 Å². The lowest BCUT2D eigenvalue weighted by atomic mass is 10.0. The van der Waals surface area contributed by atoms with E-state index in [-0.39, 0.29) is 12.1 Å². The fourth-order valence-electron chi connectivity index (χ4n) is 4.18. The first-order chi connectivity index (χ1) is 15.1. The first-order valence-electron chi connectivity index (χ1n) is 10.1. The van der Waals surface area contributed by atoms with Crippen molar-refractivity contribution in [2.45, 2.75) is 19.0 Å². The molecule has 154 valence electrons. The highest BCUT2D eigenvalue weighted by Gasteiger charge is 2.42. The Morgan fingerprint density at radius 2 is 1.77 bits per heavy atom. The number of nitrogens with one attached hydrogen (secondary N) is 1. The molecule has 1 fully saturated rings. The molecule has 0 saturated carbocycles. The van der Waals surface area contributed by atoms with E-state index in [4.69, 9.17) is 12.2 Å². The van der Waals surface area contributed by atoms with Gasteiger partial charge in [-0.15, -0.1) is 0 Å². The Labute approximate surface area is 195 Å². The third kappa shape index (κ3) is 3.77. The average molecular weight is 489 g/mol. The molecular weight excluding hydrogens is 468 g/mol. The second-order valence-electron chi connectivity index (χ2n) is 7.62. The van der Waals surface area contributed by atoms with E-state index in [9.17, 15) is 0 Å². The molecular formula is C25H21BrN4S. The van der Waals surface area contributed by atoms with Crippen LogP contribution in [0.1, 0.15) is 29.0 Å². The van der Waals surface area contributed by atoms with Crippen LogP contribution in [0.5, 0.6) is 0 Å². The fourth-order valence-corrected chi connectivity index (χ4v) is 4.79. The highest BCUT2D eigenvalue weighted by atomic mass is 79.9. The molecule has 0 amide bonds. The van der Waals surface area contributed by atoms with Crippen molar-refractivity contribution >= 4 is 38.9 Å². The second-order valence-corrected chi connectivity index (χ2v) is 8.92. The number of benzene rings is 2. The Bertz CT molecular complexity index is 1220. The van der Waals surface area contributed by atoms with Gasteiger partial charge in [0.1, 0.15) is 6.04 Å². The maximum absolute atomic E-state index is 5.83. The number of thiocarbonyl (C=S) groups is 1. The summed E-state index contributed by atoms with van der Waals surface area (Å²) in [6.45, 7) is 2.11. The molecule has 0 unspecified atom stereocenters. The van der Waals surface area contributed by atoms with Crippen LogP contribution in [0, 0.1) is 6.92 Å². The summed E-state index contributed by atoms with van der Waals surface area (Å²) in [7, 11) is 0. The predicted molar refractivity (Wildman–Crippen MR) is 133 cm³/mol. The molecule has 0 radical (unpaired) electrons. The molecule has 4 nitrogen and oxygen atoms in total. The van der Waals surface area contributed by atoms with E-state index in [0.29, 0.717) is 5.11 Å². The van der Waals surface area contributed by atoms with Gasteiger partial charge in [0.05, 0.1) is 11.7 Å². The predicted octanol–water partition coefficient (Wildman–Crippen LogP) is 6.12. The Morgan fingerprint density at radius 1 is 0.935 bits per heavy atom. The van der Waals surface area contributed by atoms with Crippen molar-refractivity contribution in [1.82, 2.24) is 14.9 Å². The molecule has 1 aliphatic heterocycles. The van der Waals surface area contributed by atoms with Gasteiger partial charge >= 0.3 is 0 Å². The minimum absolute atomic E-state index is 0.0564. The molecule has 4 aromatic rings. The zero-order valence-corrected chi connectivity index (χ0v) is 19.3. The molecule has 3 heterocycles. The van der Waals surface area contributed by atoms with Crippen molar-refractivity contribution in [3.05, 3.63) is 113 Å². The van der Waals surface area contributed by atoms with Gasteiger partial charge in [-0.1, -0.05) is 34.1 Å². The largest absolute Gasteiger partial charge is 0.351 e. The quantitative estimate of drug-likeness (QED) is 0.350. The van der Waals surface area contributed by atoms with Crippen LogP contribution in [-0.2, 0) is 0 Å². The van der Waals surface area contributed by atoms with E-state index >= 15 is 0 Å². The van der Waals surface area contributed by atoms with Crippen molar-refractivity contribution in [2.24, 2.45) is 0 Å². The van der Waals surface area contributed by atoms with Crippen LogP contribution in [-0.4, -0.2) is 14.7 Å². The number of rotatable bonds is 4. The van der Waals surface area contributed by atoms with Crippen molar-refractivity contribution < 1.29 is 0 Å². The van der Waals surface area contributed by atoms with Crippen molar-refractivity contribution in [1.29, 1.82) is 0 Å². The van der Waals surface area contributed by atoms with Crippen LogP contribution >= 0.6 is 28.1 Å². The standard InChI is InChI=1S/C25H21BrN4S/c1-17-6-4-7-20(16-17)29-15-5-9-22(29)24-23(21-8-2-3-14-27-21)28-25(31)30(24)19-12-10-18(26)11-13-19/h2-16,23-24H,1H3,(H,28,31)/t23-,24+/m0/s1. The van der Waals surface area contributed by atoms with E-state index in [0.717, 1.165) is 27.2 Å². The van der Waals surface area contributed by atoms with Gasteiger partial charge in [0.2, 0.25) is 0 Å². The molecule has 6 heteroatoms. The van der Waals surface area contributed by atoms with Crippen LogP contribution in [0.3, 0.4) is 0 Å². The van der Waals surface area contributed by atoms with Crippen LogP contribution in [0.2, 0.25) is 0 Å². The van der Waals surface area contributed by atoms with E-state index in [1.54, 1.807) is 0 Å². The third-order valence-electron chi connectivity index (χ3n) is 5.57. The van der Waals surface area contributed by atoms with Crippen LogP contribution in [0.15, 0.2) is 95.7 Å². The minimum atomic E-state index is -0.0733. The summed E-state index contributed by atoms with van der Waals surface area (Å²) >= 11 is 9.37. The number of nitrogens with zero attached hydrogens (tertiary/aromatic N) is 3. The van der Waals surface area contributed by atoms with E-state index in [2.05, 4.69) is 103 Å². The number of halogens is 1. The van der Waals surface area contributed by atoms with Gasteiger partial charge in [0, 0.05) is 33.9 Å². The molecule has 1 saturated heterocycles. The Balaban J connectivity index is 1.67. The summed E-state index contributed by atoms with van der Waals surface area (Å²) in [5.74, 6) is 0. The number of hydrogen-bond acceptors (Lipinski definition) is 2. The number of pyridine rings is 1. The molecule has 1 aliphatic rings. The molecule has 0 aliphatic carbocycles. The summed E-state index contributed by atoms with van der Waals surface area (Å²) < 4.78 is 3.28. The molecule has 31 heavy (non-hydrogen) atoms. The lowest BCUT2D eigenvalue weighted by Gasteiger charge is -2.29. The van der Waals surface area contributed by atoms with Gasteiger partial charge < -0.3 is 14.8 Å². The van der Waals surface area contributed by atoms with Gasteiger partial charge in [-0.3, -0.25) is 4.98 Å². The highest BCUT2D eigenvalue weighted by Crippen LogP contribution is 2.42. The Kier molecular flexibility index (Phi) is 5.34. The maximum atomic E-state index is 5.83. The van der Waals surface area contributed by atoms with Gasteiger partial charge in [0.15, 0.2) is 5.11 Å². The molecule has 0 spiro atoms. The smallest absolute Gasteiger partial charge is 0.174 e. The highest BCUT2D eigenvalue weighted by molar-refractivity contribution is 9.10. The second kappa shape index (κ2) is 8.29. The summed E-state index contributed by atoms with van der Waals surface area (Å²) in [6, 6.07) is 27.0. The summed E-state index contributed by atoms with van der Waals surface area (Å²) in [5, 5.41) is 4.23. The molecule has 5 rings (SSSR count). The van der Waals surface area contributed by atoms with E-state index < -0.39 is 0 Å². The van der Waals surface area contributed by atoms with Crippen molar-refractivity contribution in [2.75, 3.05) is 4.90 Å². The monoisotopic (exact) mass is 488 g/mol. The third-order valence-corrected chi connectivity index (χ3v) is 6.41. The number of anilines is 1. The normalized spacial score (nSPS) is 18.3. The molecule has 2 aromatic heterocycles. The van der Waals surface area contributed by atoms with Gasteiger partial charge in [0.25, 0.3) is 0 Å². The Morgan fingerprint density at radius 3 is 2.52 bits per heavy atom. The first kappa shape index (κ1) is 20.0. The SMILES string of the molecule is Cc1cccc(-n2cccc2[C@@H]2[C@H](c3ccccn3)NC(=S)N2c2ccc(Br)cc2)c1. The van der Waals surface area contributed by atoms with Gasteiger partial charge in [-0.05, 0) is 85.4 Å². The molecule has 2 atom stereocenters. The summed E-state index contributed by atoms with van der Waals surface area (Å²) in [4.78, 5) is 6.85. The van der Waals surface area contributed by atoms with E-state index in [1.807, 2.05) is 30.5 Å². The summed E-state index contributed by atoms with van der Waals surface area (Å²) in [6.07, 6.45) is 3.94. The zero-order valence-electron chi connectivity index (χ0n) is 16.9. The minimum Gasteiger partial charge on any atom is -0.351 e. The lowest BCUT2D eigenvalue weighted by Crippen LogP contribution is -2.30. The number of hydrogen-bond donors (Lipinski definition) is 1. The molecule has 1 N–H and O–H groups in total. The first-order valence-corrected chi connectivity index (χ1v) is 11.3. The lowest BCUT2D eigenvalue weighted by molar-refractivity contribution is 0.549.